The number of amides is 1. The average Bonchev–Trinajstić information content (AvgIpc) is 2.59. The summed E-state index contributed by atoms with van der Waals surface area (Å²) in [4.78, 5) is 30.2. The Balaban J connectivity index is 2.13. The molecular formula is C17H19N3O2S2. The first-order chi connectivity index (χ1) is 11.5. The van der Waals surface area contributed by atoms with E-state index in [1.807, 2.05) is 49.1 Å². The Morgan fingerprint density at radius 2 is 2.00 bits per heavy atom. The Labute approximate surface area is 149 Å². The van der Waals surface area contributed by atoms with E-state index in [2.05, 4.69) is 10.3 Å². The quantitative estimate of drug-likeness (QED) is 0.670. The molecule has 0 fully saturated rings. The standard InChI is InChI=1S/C17H19N3O2S2/c1-4-24-17-19-16(22)14-12(9-13(21)18-15(14)20(17)2)10-5-7-11(23-3)8-6-10/h5-8,12H,4,9H2,1-3H3,(H,18,21)/t12-/m1/s1. The number of benzene rings is 1. The number of thioether (sulfide) groups is 2. The van der Waals surface area contributed by atoms with E-state index in [1.165, 1.54) is 11.8 Å². The number of fused-ring (bicyclic) bond motifs is 1. The Morgan fingerprint density at radius 3 is 2.62 bits per heavy atom. The molecule has 0 unspecified atom stereocenters. The van der Waals surface area contributed by atoms with E-state index in [4.69, 9.17) is 0 Å². The summed E-state index contributed by atoms with van der Waals surface area (Å²) in [6, 6.07) is 8.02. The molecule has 2 aromatic rings. The average molecular weight is 361 g/mol. The molecule has 1 amide bonds. The number of nitrogens with one attached hydrogen (secondary N) is 1. The molecule has 126 valence electrons. The van der Waals surface area contributed by atoms with Crippen molar-refractivity contribution in [3.8, 4) is 0 Å². The smallest absolute Gasteiger partial charge is 0.279 e. The predicted molar refractivity (Wildman–Crippen MR) is 99.2 cm³/mol. The molecule has 0 spiro atoms. The maximum Gasteiger partial charge on any atom is 0.279 e. The first-order valence-electron chi connectivity index (χ1n) is 7.72. The number of rotatable bonds is 4. The van der Waals surface area contributed by atoms with Gasteiger partial charge in [-0.15, -0.1) is 11.8 Å². The molecule has 0 radical (unpaired) electrons. The Morgan fingerprint density at radius 1 is 1.29 bits per heavy atom. The molecule has 1 atom stereocenters. The molecule has 1 aliphatic heterocycles. The van der Waals surface area contributed by atoms with Gasteiger partial charge in [0, 0.05) is 24.3 Å². The van der Waals surface area contributed by atoms with Crippen molar-refractivity contribution in [1.82, 2.24) is 9.55 Å². The van der Waals surface area contributed by atoms with Crippen LogP contribution < -0.4 is 10.9 Å². The van der Waals surface area contributed by atoms with Crippen molar-refractivity contribution in [2.75, 3.05) is 17.3 Å². The van der Waals surface area contributed by atoms with E-state index in [0.29, 0.717) is 16.5 Å². The zero-order valence-corrected chi connectivity index (χ0v) is 15.5. The number of hydrogen-bond acceptors (Lipinski definition) is 5. The van der Waals surface area contributed by atoms with Crippen molar-refractivity contribution >= 4 is 35.2 Å². The van der Waals surface area contributed by atoms with Crippen molar-refractivity contribution in [3.05, 3.63) is 45.7 Å². The number of anilines is 1. The summed E-state index contributed by atoms with van der Waals surface area (Å²) in [5.74, 6) is 1.06. The van der Waals surface area contributed by atoms with E-state index in [0.717, 1.165) is 16.2 Å². The van der Waals surface area contributed by atoms with Crippen LogP contribution in [0.25, 0.3) is 0 Å². The van der Waals surface area contributed by atoms with Crippen LogP contribution in [0.15, 0.2) is 39.1 Å². The summed E-state index contributed by atoms with van der Waals surface area (Å²) in [5.41, 5.74) is 1.30. The van der Waals surface area contributed by atoms with Crippen molar-refractivity contribution in [1.29, 1.82) is 0 Å². The predicted octanol–water partition coefficient (Wildman–Crippen LogP) is 3.09. The fourth-order valence-corrected chi connectivity index (χ4v) is 4.01. The normalized spacial score (nSPS) is 16.6. The second-order valence-corrected chi connectivity index (χ2v) is 7.64. The van der Waals surface area contributed by atoms with E-state index in [1.54, 1.807) is 11.8 Å². The van der Waals surface area contributed by atoms with Gasteiger partial charge >= 0.3 is 0 Å². The van der Waals surface area contributed by atoms with Gasteiger partial charge in [-0.2, -0.15) is 4.98 Å². The van der Waals surface area contributed by atoms with Gasteiger partial charge in [-0.05, 0) is 29.7 Å². The van der Waals surface area contributed by atoms with Gasteiger partial charge in [0.25, 0.3) is 5.56 Å². The first-order valence-corrected chi connectivity index (χ1v) is 9.93. The molecule has 0 saturated heterocycles. The summed E-state index contributed by atoms with van der Waals surface area (Å²) in [7, 11) is 1.84. The van der Waals surface area contributed by atoms with Crippen LogP contribution in [-0.2, 0) is 11.8 Å². The largest absolute Gasteiger partial charge is 0.312 e. The van der Waals surface area contributed by atoms with Crippen LogP contribution >= 0.6 is 23.5 Å². The lowest BCUT2D eigenvalue weighted by atomic mass is 9.87. The molecule has 2 heterocycles. The molecule has 5 nitrogen and oxygen atoms in total. The fraction of sp³-hybridized carbons (Fsp3) is 0.353. The maximum atomic E-state index is 12.6. The van der Waals surface area contributed by atoms with Gasteiger partial charge in [0.05, 0.1) is 5.56 Å². The highest BCUT2D eigenvalue weighted by Crippen LogP contribution is 2.36. The van der Waals surface area contributed by atoms with Gasteiger partial charge in [0.1, 0.15) is 5.82 Å². The van der Waals surface area contributed by atoms with Crippen LogP contribution in [0.4, 0.5) is 5.82 Å². The van der Waals surface area contributed by atoms with E-state index in [-0.39, 0.29) is 23.8 Å². The van der Waals surface area contributed by atoms with Gasteiger partial charge in [-0.3, -0.25) is 9.59 Å². The summed E-state index contributed by atoms with van der Waals surface area (Å²) >= 11 is 3.15. The Hall–Kier alpha value is -1.73. The van der Waals surface area contributed by atoms with Gasteiger partial charge in [-0.25, -0.2) is 0 Å². The summed E-state index contributed by atoms with van der Waals surface area (Å²) in [6.45, 7) is 2.00. The molecule has 0 saturated carbocycles. The van der Waals surface area contributed by atoms with Gasteiger partial charge in [-0.1, -0.05) is 30.8 Å². The van der Waals surface area contributed by atoms with Gasteiger partial charge < -0.3 is 9.88 Å². The Bertz CT molecular complexity index is 831. The second kappa shape index (κ2) is 7.03. The molecule has 1 aliphatic rings. The van der Waals surface area contributed by atoms with Crippen LogP contribution in [0.1, 0.15) is 30.4 Å². The number of aromatic nitrogens is 2. The zero-order chi connectivity index (χ0) is 17.3. The molecule has 0 aliphatic carbocycles. The fourth-order valence-electron chi connectivity index (χ4n) is 2.91. The number of carbonyl (C=O) groups is 1. The Kier molecular flexibility index (Phi) is 5.01. The highest BCUT2D eigenvalue weighted by atomic mass is 32.2. The minimum atomic E-state index is -0.253. The van der Waals surface area contributed by atoms with Crippen molar-refractivity contribution in [3.63, 3.8) is 0 Å². The first kappa shape index (κ1) is 17.1. The van der Waals surface area contributed by atoms with Gasteiger partial charge in [0.2, 0.25) is 5.91 Å². The highest BCUT2D eigenvalue weighted by Gasteiger charge is 2.31. The van der Waals surface area contributed by atoms with E-state index >= 15 is 0 Å². The molecule has 0 bridgehead atoms. The van der Waals surface area contributed by atoms with Gasteiger partial charge in [0.15, 0.2) is 5.16 Å². The molecule has 3 rings (SSSR count). The minimum absolute atomic E-state index is 0.0740. The molecule has 1 N–H and O–H groups in total. The lowest BCUT2D eigenvalue weighted by molar-refractivity contribution is -0.116. The summed E-state index contributed by atoms with van der Waals surface area (Å²) < 4.78 is 1.81. The van der Waals surface area contributed by atoms with Crippen LogP contribution in [0, 0.1) is 0 Å². The third-order valence-electron chi connectivity index (χ3n) is 4.09. The van der Waals surface area contributed by atoms with Crippen LogP contribution in [-0.4, -0.2) is 27.5 Å². The molecule has 7 heteroatoms. The summed E-state index contributed by atoms with van der Waals surface area (Å²) in [5, 5.41) is 3.48. The lowest BCUT2D eigenvalue weighted by Crippen LogP contribution is -2.33. The molecular weight excluding hydrogens is 342 g/mol. The number of carbonyl (C=O) groups excluding carboxylic acids is 1. The molecule has 1 aromatic carbocycles. The van der Waals surface area contributed by atoms with Crippen molar-refractivity contribution in [2.24, 2.45) is 7.05 Å². The SMILES string of the molecule is CCSc1nc(=O)c2c(n1C)NC(=O)C[C@@H]2c1ccc(SC)cc1. The number of nitrogens with zero attached hydrogens (tertiary/aromatic N) is 2. The van der Waals surface area contributed by atoms with E-state index < -0.39 is 0 Å². The highest BCUT2D eigenvalue weighted by molar-refractivity contribution is 7.99. The van der Waals surface area contributed by atoms with Crippen LogP contribution in [0.2, 0.25) is 0 Å². The van der Waals surface area contributed by atoms with Crippen molar-refractivity contribution < 1.29 is 4.79 Å². The van der Waals surface area contributed by atoms with E-state index in [9.17, 15) is 9.59 Å². The number of hydrogen-bond donors (Lipinski definition) is 1. The molecule has 24 heavy (non-hydrogen) atoms. The zero-order valence-electron chi connectivity index (χ0n) is 13.8. The summed E-state index contributed by atoms with van der Waals surface area (Å²) in [6.07, 6.45) is 2.29. The van der Waals surface area contributed by atoms with Crippen LogP contribution in [0.5, 0.6) is 0 Å². The maximum absolute atomic E-state index is 12.6. The topological polar surface area (TPSA) is 64.0 Å². The van der Waals surface area contributed by atoms with Crippen molar-refractivity contribution in [2.45, 2.75) is 29.3 Å². The lowest BCUT2D eigenvalue weighted by Gasteiger charge is -2.27. The third-order valence-corrected chi connectivity index (χ3v) is 5.75. The molecule has 1 aromatic heterocycles. The third kappa shape index (κ3) is 3.10. The minimum Gasteiger partial charge on any atom is -0.312 e. The van der Waals surface area contributed by atoms with Crippen LogP contribution in [0.3, 0.4) is 0 Å². The monoisotopic (exact) mass is 361 g/mol. The second-order valence-electron chi connectivity index (χ2n) is 5.53.